The maximum atomic E-state index is 11.7. The Labute approximate surface area is 174 Å². The second-order valence-electron chi connectivity index (χ2n) is 7.82. The van der Waals surface area contributed by atoms with Gasteiger partial charge in [-0.2, -0.15) is 0 Å². The molecule has 0 atom stereocenters. The Bertz CT molecular complexity index is 1060. The Morgan fingerprint density at radius 2 is 1.70 bits per heavy atom. The second-order valence-corrected chi connectivity index (χ2v) is 7.82. The molecule has 0 saturated carbocycles. The van der Waals surface area contributed by atoms with Crippen molar-refractivity contribution in [3.05, 3.63) is 76.0 Å². The molecule has 2 N–H and O–H groups in total. The van der Waals surface area contributed by atoms with Crippen molar-refractivity contribution >= 4 is 28.4 Å². The van der Waals surface area contributed by atoms with E-state index in [1.165, 1.54) is 6.20 Å². The number of alkyl carbamates (subject to hydrolysis) is 1. The number of benzene rings is 2. The van der Waals surface area contributed by atoms with Crippen molar-refractivity contribution in [2.24, 2.45) is 0 Å². The van der Waals surface area contributed by atoms with E-state index in [0.717, 1.165) is 11.1 Å². The summed E-state index contributed by atoms with van der Waals surface area (Å²) < 4.78 is 5.22. The van der Waals surface area contributed by atoms with Gasteiger partial charge in [-0.3, -0.25) is 10.1 Å². The van der Waals surface area contributed by atoms with Crippen LogP contribution in [0.3, 0.4) is 0 Å². The topological polar surface area (TPSA) is 106 Å². The number of nitrogens with zero attached hydrogens (tertiary/aromatic N) is 2. The molecule has 0 unspecified atom stereocenters. The fourth-order valence-corrected chi connectivity index (χ4v) is 2.91. The highest BCUT2D eigenvalue weighted by molar-refractivity contribution is 5.95. The van der Waals surface area contributed by atoms with Crippen LogP contribution in [0.4, 0.5) is 16.2 Å². The third kappa shape index (κ3) is 5.44. The molecule has 0 bridgehead atoms. The molecule has 0 fully saturated rings. The van der Waals surface area contributed by atoms with Crippen molar-refractivity contribution < 1.29 is 14.5 Å². The lowest BCUT2D eigenvalue weighted by Gasteiger charge is -2.19. The highest BCUT2D eigenvalue weighted by Gasteiger charge is 2.18. The van der Waals surface area contributed by atoms with Gasteiger partial charge < -0.3 is 15.4 Å². The molecule has 3 aromatic rings. The molecule has 1 amide bonds. The number of amides is 1. The van der Waals surface area contributed by atoms with Crippen molar-refractivity contribution in [2.75, 3.05) is 5.32 Å². The van der Waals surface area contributed by atoms with E-state index in [1.807, 2.05) is 69.3 Å². The van der Waals surface area contributed by atoms with Gasteiger partial charge in [-0.1, -0.05) is 42.5 Å². The second kappa shape index (κ2) is 8.77. The standard InChI is InChI=1S/C22H24N4O4/c1-22(2,3)30-21(27)25-13-16-10-8-15(9-11-16)12-24-20-17-6-4-5-7-18(17)23-14-19(20)26(28)29/h4-11,14H,12-13H2,1-3H3,(H,23,24)(H,25,27). The average molecular weight is 408 g/mol. The van der Waals surface area contributed by atoms with Gasteiger partial charge in [0.1, 0.15) is 17.5 Å². The summed E-state index contributed by atoms with van der Waals surface area (Å²) in [4.78, 5) is 26.9. The molecule has 8 heteroatoms. The van der Waals surface area contributed by atoms with Crippen molar-refractivity contribution in [1.29, 1.82) is 0 Å². The summed E-state index contributed by atoms with van der Waals surface area (Å²) in [6, 6.07) is 14.9. The Kier molecular flexibility index (Phi) is 6.15. The maximum absolute atomic E-state index is 11.7. The SMILES string of the molecule is CC(C)(C)OC(=O)NCc1ccc(CNc2c([N+](=O)[O-])cnc3ccccc23)cc1. The number of anilines is 1. The first-order valence-electron chi connectivity index (χ1n) is 9.53. The predicted octanol–water partition coefficient (Wildman–Crippen LogP) is 4.78. The molecule has 2 aromatic carbocycles. The van der Waals surface area contributed by atoms with Gasteiger partial charge in [-0.05, 0) is 38.0 Å². The normalized spacial score (nSPS) is 11.2. The van der Waals surface area contributed by atoms with Crippen LogP contribution in [0.15, 0.2) is 54.7 Å². The summed E-state index contributed by atoms with van der Waals surface area (Å²) in [7, 11) is 0. The number of carbonyl (C=O) groups is 1. The minimum Gasteiger partial charge on any atom is -0.444 e. The first-order valence-corrected chi connectivity index (χ1v) is 9.53. The molecule has 0 saturated heterocycles. The average Bonchev–Trinajstić information content (AvgIpc) is 2.69. The fraction of sp³-hybridized carbons (Fsp3) is 0.273. The Hall–Kier alpha value is -3.68. The lowest BCUT2D eigenvalue weighted by molar-refractivity contribution is -0.384. The number of rotatable bonds is 6. The molecule has 0 aliphatic heterocycles. The molecule has 0 radical (unpaired) electrons. The zero-order valence-electron chi connectivity index (χ0n) is 17.1. The molecule has 0 aliphatic rings. The smallest absolute Gasteiger partial charge is 0.407 e. The van der Waals surface area contributed by atoms with Crippen molar-refractivity contribution in [2.45, 2.75) is 39.5 Å². The summed E-state index contributed by atoms with van der Waals surface area (Å²) in [6.07, 6.45) is 0.806. The fourth-order valence-electron chi connectivity index (χ4n) is 2.91. The van der Waals surface area contributed by atoms with Crippen LogP contribution in [0.25, 0.3) is 10.9 Å². The van der Waals surface area contributed by atoms with Crippen molar-refractivity contribution in [1.82, 2.24) is 10.3 Å². The number of para-hydroxylation sites is 1. The Morgan fingerprint density at radius 1 is 1.07 bits per heavy atom. The molecule has 8 nitrogen and oxygen atoms in total. The third-order valence-electron chi connectivity index (χ3n) is 4.28. The van der Waals surface area contributed by atoms with E-state index in [9.17, 15) is 14.9 Å². The van der Waals surface area contributed by atoms with Crippen LogP contribution in [-0.4, -0.2) is 21.6 Å². The van der Waals surface area contributed by atoms with E-state index in [2.05, 4.69) is 15.6 Å². The summed E-state index contributed by atoms with van der Waals surface area (Å²) in [5.41, 5.74) is 2.40. The van der Waals surface area contributed by atoms with Gasteiger partial charge in [0.15, 0.2) is 0 Å². The minimum absolute atomic E-state index is 0.0631. The number of hydrogen-bond donors (Lipinski definition) is 2. The van der Waals surface area contributed by atoms with Gasteiger partial charge in [-0.25, -0.2) is 9.78 Å². The largest absolute Gasteiger partial charge is 0.444 e. The van der Waals surface area contributed by atoms with Gasteiger partial charge in [0.2, 0.25) is 0 Å². The van der Waals surface area contributed by atoms with Crippen LogP contribution < -0.4 is 10.6 Å². The van der Waals surface area contributed by atoms with Gasteiger partial charge in [-0.15, -0.1) is 0 Å². The number of fused-ring (bicyclic) bond motifs is 1. The number of hydrogen-bond acceptors (Lipinski definition) is 6. The van der Waals surface area contributed by atoms with Crippen LogP contribution >= 0.6 is 0 Å². The van der Waals surface area contributed by atoms with Crippen molar-refractivity contribution in [3.63, 3.8) is 0 Å². The van der Waals surface area contributed by atoms with Gasteiger partial charge in [0, 0.05) is 18.5 Å². The van der Waals surface area contributed by atoms with E-state index >= 15 is 0 Å². The number of nitro groups is 1. The summed E-state index contributed by atoms with van der Waals surface area (Å²) in [5.74, 6) is 0. The summed E-state index contributed by atoms with van der Waals surface area (Å²) in [6.45, 7) is 6.19. The quantitative estimate of drug-likeness (QED) is 0.449. The zero-order chi connectivity index (χ0) is 21.7. The molecule has 1 heterocycles. The predicted molar refractivity (Wildman–Crippen MR) is 115 cm³/mol. The monoisotopic (exact) mass is 408 g/mol. The highest BCUT2D eigenvalue weighted by atomic mass is 16.6. The number of pyridine rings is 1. The molecule has 30 heavy (non-hydrogen) atoms. The minimum atomic E-state index is -0.542. The van der Waals surface area contributed by atoms with Crippen LogP contribution in [0.5, 0.6) is 0 Å². The number of aromatic nitrogens is 1. The molecule has 3 rings (SSSR count). The van der Waals surface area contributed by atoms with E-state index in [-0.39, 0.29) is 5.69 Å². The maximum Gasteiger partial charge on any atom is 0.407 e. The van der Waals surface area contributed by atoms with E-state index in [0.29, 0.717) is 29.7 Å². The molecular weight excluding hydrogens is 384 g/mol. The Morgan fingerprint density at radius 3 is 2.33 bits per heavy atom. The summed E-state index contributed by atoms with van der Waals surface area (Å²) in [5, 5.41) is 18.0. The van der Waals surface area contributed by atoms with Crippen LogP contribution in [0.1, 0.15) is 31.9 Å². The van der Waals surface area contributed by atoms with Gasteiger partial charge >= 0.3 is 11.8 Å². The van der Waals surface area contributed by atoms with E-state index < -0.39 is 16.6 Å². The third-order valence-corrected chi connectivity index (χ3v) is 4.28. The molecule has 0 spiro atoms. The van der Waals surface area contributed by atoms with E-state index in [1.54, 1.807) is 0 Å². The van der Waals surface area contributed by atoms with Gasteiger partial charge in [0.25, 0.3) is 0 Å². The molecule has 0 aliphatic carbocycles. The Balaban J connectivity index is 1.66. The molecule has 1 aromatic heterocycles. The molecular formula is C22H24N4O4. The zero-order valence-corrected chi connectivity index (χ0v) is 17.1. The first-order chi connectivity index (χ1) is 14.2. The van der Waals surface area contributed by atoms with Crippen LogP contribution in [0.2, 0.25) is 0 Å². The van der Waals surface area contributed by atoms with Crippen LogP contribution in [-0.2, 0) is 17.8 Å². The van der Waals surface area contributed by atoms with E-state index in [4.69, 9.17) is 4.74 Å². The number of carbonyl (C=O) groups excluding carboxylic acids is 1. The summed E-state index contributed by atoms with van der Waals surface area (Å²) >= 11 is 0. The number of ether oxygens (including phenoxy) is 1. The first kappa shape index (κ1) is 21.0. The lowest BCUT2D eigenvalue weighted by Crippen LogP contribution is -2.32. The van der Waals surface area contributed by atoms with Gasteiger partial charge in [0.05, 0.1) is 10.4 Å². The molecule has 156 valence electrons. The number of nitrogens with one attached hydrogen (secondary N) is 2. The van der Waals surface area contributed by atoms with Crippen molar-refractivity contribution in [3.8, 4) is 0 Å². The van der Waals surface area contributed by atoms with Crippen LogP contribution in [0, 0.1) is 10.1 Å². The highest BCUT2D eigenvalue weighted by Crippen LogP contribution is 2.31. The lowest BCUT2D eigenvalue weighted by atomic mass is 10.1.